The molecule has 9 aromatic carbocycles. The van der Waals surface area contributed by atoms with Crippen molar-refractivity contribution in [2.24, 2.45) is 0 Å². The molecule has 12 rings (SSSR count). The van der Waals surface area contributed by atoms with Gasteiger partial charge < -0.3 is 8.98 Å². The van der Waals surface area contributed by atoms with E-state index in [2.05, 4.69) is 36.4 Å². The van der Waals surface area contributed by atoms with Gasteiger partial charge in [0.2, 0.25) is 0 Å². The number of hydrogen-bond acceptors (Lipinski definition) is 4. The van der Waals surface area contributed by atoms with Crippen molar-refractivity contribution in [2.75, 3.05) is 0 Å². The summed E-state index contributed by atoms with van der Waals surface area (Å²) in [5.41, 5.74) is 9.67. The third kappa shape index (κ3) is 5.98. The van der Waals surface area contributed by atoms with Crippen LogP contribution in [0.2, 0.25) is 0 Å². The van der Waals surface area contributed by atoms with E-state index in [1.807, 2.05) is 133 Å². The van der Waals surface area contributed by atoms with Crippen molar-refractivity contribution in [3.63, 3.8) is 0 Å². The summed E-state index contributed by atoms with van der Waals surface area (Å²) in [6.07, 6.45) is 0. The van der Waals surface area contributed by atoms with Gasteiger partial charge in [0.05, 0.1) is 24.9 Å². The predicted octanol–water partition coefficient (Wildman–Crippen LogP) is 14.9. The summed E-state index contributed by atoms with van der Waals surface area (Å²) in [5.74, 6) is 1.11. The van der Waals surface area contributed by atoms with Crippen molar-refractivity contribution in [3.05, 3.63) is 218 Å². The molecule has 290 valence electrons. The Morgan fingerprint density at radius 3 is 1.63 bits per heavy atom. The van der Waals surface area contributed by atoms with Gasteiger partial charge >= 0.3 is 0 Å². The van der Waals surface area contributed by atoms with Crippen LogP contribution in [0.25, 0.3) is 117 Å². The van der Waals surface area contributed by atoms with Crippen LogP contribution in [0.1, 0.15) is 8.22 Å². The smallest absolute Gasteiger partial charge is 0.166 e. The zero-order valence-electron chi connectivity index (χ0n) is 39.0. The molecule has 0 N–H and O–H groups in total. The van der Waals surface area contributed by atoms with Crippen LogP contribution in [0.4, 0.5) is 0 Å². The Morgan fingerprint density at radius 1 is 0.371 bits per heavy atom. The predicted molar refractivity (Wildman–Crippen MR) is 254 cm³/mol. The Hall–Kier alpha value is -8.41. The number of nitrogens with zero attached hydrogens (tertiary/aromatic N) is 4. The van der Waals surface area contributed by atoms with Gasteiger partial charge in [-0.25, -0.2) is 15.0 Å². The van der Waals surface area contributed by atoms with Crippen LogP contribution in [-0.4, -0.2) is 19.5 Å². The Kier molecular flexibility index (Phi) is 7.05. The van der Waals surface area contributed by atoms with Gasteiger partial charge in [-0.3, -0.25) is 0 Å². The topological polar surface area (TPSA) is 56.7 Å². The Morgan fingerprint density at radius 2 is 0.887 bits per heavy atom. The van der Waals surface area contributed by atoms with E-state index >= 15 is 0 Å². The molecular weight excluding hydrogens is 757 g/mol. The van der Waals surface area contributed by atoms with E-state index in [4.69, 9.17) is 22.1 Å². The molecule has 3 heterocycles. The van der Waals surface area contributed by atoms with Crippen LogP contribution < -0.4 is 0 Å². The highest BCUT2D eigenvalue weighted by atomic mass is 16.3. The fourth-order valence-corrected chi connectivity index (χ4v) is 8.54. The molecule has 5 heteroatoms. The lowest BCUT2D eigenvalue weighted by Crippen LogP contribution is -2.05. The van der Waals surface area contributed by atoms with Crippen molar-refractivity contribution >= 4 is 43.7 Å². The van der Waals surface area contributed by atoms with Crippen LogP contribution in [0.5, 0.6) is 0 Å². The maximum absolute atomic E-state index is 9.48. The number of furan rings is 1. The maximum Gasteiger partial charge on any atom is 0.166 e. The van der Waals surface area contributed by atoms with Gasteiger partial charge in [0, 0.05) is 49.4 Å². The van der Waals surface area contributed by atoms with E-state index in [0.717, 1.165) is 44.2 Å². The lowest BCUT2D eigenvalue weighted by molar-refractivity contribution is 0.670. The minimum Gasteiger partial charge on any atom is -0.455 e. The molecule has 0 aliphatic rings. The standard InChI is InChI=1S/C57H36N4O/c1-3-16-37(17-4-1)39-32-34-40(35-33-39)55-58-56(42-21-13-20-41(36-42)38-18-5-2-6-19-38)60-57(59-55)49-28-14-25-46(48-27-15-26-47-45-24-9-12-31-52(45)62-54(47)48)53(49)61-50-29-10-7-22-43(50)44-23-8-11-30-51(44)61/h1-36H/i7D,8D,22D,23D,29D,30D. The van der Waals surface area contributed by atoms with Gasteiger partial charge in [0.25, 0.3) is 0 Å². The normalized spacial score (nSPS) is 12.9. The van der Waals surface area contributed by atoms with Gasteiger partial charge in [-0.1, -0.05) is 188 Å². The van der Waals surface area contributed by atoms with Crippen LogP contribution in [0.15, 0.2) is 223 Å². The molecule has 0 atom stereocenters. The zero-order valence-corrected chi connectivity index (χ0v) is 33.0. The van der Waals surface area contributed by atoms with Crippen molar-refractivity contribution < 1.29 is 12.6 Å². The number of benzene rings is 9. The molecule has 0 spiro atoms. The second-order valence-corrected chi connectivity index (χ2v) is 15.1. The number of para-hydroxylation sites is 5. The van der Waals surface area contributed by atoms with Gasteiger partial charge in [-0.2, -0.15) is 0 Å². The molecule has 12 aromatic rings. The molecule has 0 aliphatic carbocycles. The first kappa shape index (κ1) is 29.7. The summed E-state index contributed by atoms with van der Waals surface area (Å²) >= 11 is 0. The summed E-state index contributed by atoms with van der Waals surface area (Å²) < 4.78 is 63.3. The highest BCUT2D eigenvalue weighted by molar-refractivity contribution is 6.13. The lowest BCUT2D eigenvalue weighted by Gasteiger charge is -2.19. The molecule has 3 aromatic heterocycles. The highest BCUT2D eigenvalue weighted by Crippen LogP contribution is 2.44. The van der Waals surface area contributed by atoms with E-state index in [-0.39, 0.29) is 63.9 Å². The quantitative estimate of drug-likeness (QED) is 0.161. The van der Waals surface area contributed by atoms with E-state index in [1.54, 1.807) is 4.57 Å². The number of hydrogen-bond donors (Lipinski definition) is 0. The van der Waals surface area contributed by atoms with E-state index in [1.165, 1.54) is 12.1 Å². The third-order valence-corrected chi connectivity index (χ3v) is 11.4. The van der Waals surface area contributed by atoms with E-state index in [0.29, 0.717) is 45.2 Å². The highest BCUT2D eigenvalue weighted by Gasteiger charge is 2.24. The second kappa shape index (κ2) is 14.7. The van der Waals surface area contributed by atoms with Crippen LogP contribution in [0.3, 0.4) is 0 Å². The minimum absolute atomic E-state index is 0.0847. The Balaban J connectivity index is 1.20. The van der Waals surface area contributed by atoms with Crippen LogP contribution in [0, 0.1) is 0 Å². The molecule has 5 nitrogen and oxygen atoms in total. The average molecular weight is 799 g/mol. The van der Waals surface area contributed by atoms with Crippen LogP contribution in [-0.2, 0) is 0 Å². The minimum atomic E-state index is -0.210. The first-order chi connectivity index (χ1) is 33.2. The van der Waals surface area contributed by atoms with Gasteiger partial charge in [-0.05, 0) is 52.5 Å². The van der Waals surface area contributed by atoms with Gasteiger partial charge in [-0.15, -0.1) is 0 Å². The zero-order chi connectivity index (χ0) is 46.2. The third-order valence-electron chi connectivity index (χ3n) is 11.4. The van der Waals surface area contributed by atoms with Crippen LogP contribution >= 0.6 is 0 Å². The molecule has 0 bridgehead atoms. The molecule has 0 unspecified atom stereocenters. The molecular formula is C57H36N4O. The summed E-state index contributed by atoms with van der Waals surface area (Å²) in [6, 6.07) is 57.6. The van der Waals surface area contributed by atoms with E-state index < -0.39 is 0 Å². The Bertz CT molecular complexity index is 3910. The second-order valence-electron chi connectivity index (χ2n) is 15.1. The number of aromatic nitrogens is 4. The van der Waals surface area contributed by atoms with Crippen molar-refractivity contribution in [1.82, 2.24) is 19.5 Å². The fraction of sp³-hybridized carbons (Fsp3) is 0. The van der Waals surface area contributed by atoms with Gasteiger partial charge in [0.1, 0.15) is 11.2 Å². The molecule has 0 saturated carbocycles. The first-order valence-electron chi connectivity index (χ1n) is 23.4. The average Bonchev–Trinajstić information content (AvgIpc) is 3.95. The van der Waals surface area contributed by atoms with Gasteiger partial charge in [0.15, 0.2) is 17.5 Å². The van der Waals surface area contributed by atoms with E-state index in [9.17, 15) is 5.48 Å². The fourth-order valence-electron chi connectivity index (χ4n) is 8.54. The summed E-state index contributed by atoms with van der Waals surface area (Å²) in [7, 11) is 0. The van der Waals surface area contributed by atoms with Crippen molar-refractivity contribution in [3.8, 4) is 73.2 Å². The molecule has 62 heavy (non-hydrogen) atoms. The first-order valence-corrected chi connectivity index (χ1v) is 20.4. The summed E-state index contributed by atoms with van der Waals surface area (Å²) in [4.78, 5) is 15.7. The lowest BCUT2D eigenvalue weighted by atomic mass is 9.97. The monoisotopic (exact) mass is 798 g/mol. The molecule has 0 amide bonds. The SMILES string of the molecule is [2H]c1cc([2H])c2c(c1[2H])c1c([2H])c([2H])cc([2H])c1n2-c1c(-c2nc(-c3ccc(-c4ccccc4)cc3)nc(-c3cccc(-c4ccccc4)c3)n2)cccc1-c1cccc2c1oc1ccccc12. The largest absolute Gasteiger partial charge is 0.455 e. The molecule has 0 fully saturated rings. The Labute approximate surface area is 366 Å². The molecule has 0 radical (unpaired) electrons. The number of fused-ring (bicyclic) bond motifs is 6. The molecule has 0 aliphatic heterocycles. The summed E-state index contributed by atoms with van der Waals surface area (Å²) in [5, 5.41) is 2.11. The number of rotatable bonds is 7. The van der Waals surface area contributed by atoms with Crippen molar-refractivity contribution in [1.29, 1.82) is 0 Å². The summed E-state index contributed by atoms with van der Waals surface area (Å²) in [6.45, 7) is 0. The molecule has 0 saturated heterocycles. The maximum atomic E-state index is 9.48. The van der Waals surface area contributed by atoms with Crippen molar-refractivity contribution in [2.45, 2.75) is 0 Å².